The van der Waals surface area contributed by atoms with Crippen molar-refractivity contribution < 1.29 is 4.79 Å². The van der Waals surface area contributed by atoms with Crippen LogP contribution >= 0.6 is 0 Å². The van der Waals surface area contributed by atoms with Crippen LogP contribution in [0.4, 0.5) is 0 Å². The van der Waals surface area contributed by atoms with Gasteiger partial charge in [-0.1, -0.05) is 12.8 Å². The van der Waals surface area contributed by atoms with Gasteiger partial charge in [0.25, 0.3) is 5.91 Å². The molecule has 4 nitrogen and oxygen atoms in total. The fourth-order valence-corrected chi connectivity index (χ4v) is 1.58. The summed E-state index contributed by atoms with van der Waals surface area (Å²) in [5.41, 5.74) is 1.48. The van der Waals surface area contributed by atoms with Crippen LogP contribution in [0.2, 0.25) is 0 Å². The van der Waals surface area contributed by atoms with Crippen molar-refractivity contribution in [3.05, 3.63) is 17.5 Å². The standard InChI is InChI=1S/C12H17N3O/c1-5-8-15(7-3)12(16)10-9-14(4)13-11(10)6-2/h1,9H,6-8H2,2-4H3. The second kappa shape index (κ2) is 5.36. The largest absolute Gasteiger partial charge is 0.328 e. The molecule has 0 saturated heterocycles. The highest BCUT2D eigenvalue weighted by molar-refractivity contribution is 5.95. The lowest BCUT2D eigenvalue weighted by Gasteiger charge is -2.17. The Hall–Kier alpha value is -1.76. The van der Waals surface area contributed by atoms with Gasteiger partial charge in [-0.2, -0.15) is 5.10 Å². The highest BCUT2D eigenvalue weighted by Crippen LogP contribution is 2.10. The quantitative estimate of drug-likeness (QED) is 0.711. The van der Waals surface area contributed by atoms with Crippen molar-refractivity contribution in [1.82, 2.24) is 14.7 Å². The molecule has 0 unspecified atom stereocenters. The van der Waals surface area contributed by atoms with E-state index in [1.807, 2.05) is 20.9 Å². The number of carbonyl (C=O) groups excluding carboxylic acids is 1. The molecule has 0 aliphatic rings. The van der Waals surface area contributed by atoms with Crippen molar-refractivity contribution >= 4 is 5.91 Å². The normalized spacial score (nSPS) is 9.88. The third kappa shape index (κ3) is 2.43. The molecule has 4 heteroatoms. The molecule has 0 fully saturated rings. The van der Waals surface area contributed by atoms with Gasteiger partial charge in [-0.15, -0.1) is 6.42 Å². The first-order chi connectivity index (χ1) is 7.63. The summed E-state index contributed by atoms with van der Waals surface area (Å²) in [6, 6.07) is 0. The van der Waals surface area contributed by atoms with E-state index in [9.17, 15) is 4.79 Å². The zero-order chi connectivity index (χ0) is 12.1. The molecular weight excluding hydrogens is 202 g/mol. The van der Waals surface area contributed by atoms with Crippen LogP contribution in [0, 0.1) is 12.3 Å². The monoisotopic (exact) mass is 219 g/mol. The number of amides is 1. The molecule has 0 atom stereocenters. The maximum Gasteiger partial charge on any atom is 0.258 e. The Morgan fingerprint density at radius 3 is 2.81 bits per heavy atom. The number of hydrogen-bond acceptors (Lipinski definition) is 2. The molecular formula is C12H17N3O. The van der Waals surface area contributed by atoms with Crippen LogP contribution in [0.1, 0.15) is 29.9 Å². The number of nitrogens with zero attached hydrogens (tertiary/aromatic N) is 3. The lowest BCUT2D eigenvalue weighted by atomic mass is 10.2. The summed E-state index contributed by atoms with van der Waals surface area (Å²) in [7, 11) is 1.81. The second-order valence-corrected chi connectivity index (χ2v) is 3.54. The van der Waals surface area contributed by atoms with Crippen molar-refractivity contribution in [2.45, 2.75) is 20.3 Å². The number of terminal acetylenes is 1. The number of aryl methyl sites for hydroxylation is 2. The Morgan fingerprint density at radius 2 is 2.31 bits per heavy atom. The number of hydrogen-bond donors (Lipinski definition) is 0. The number of carbonyl (C=O) groups is 1. The smallest absolute Gasteiger partial charge is 0.258 e. The van der Waals surface area contributed by atoms with Crippen LogP contribution in [0.25, 0.3) is 0 Å². The fraction of sp³-hybridized carbons (Fsp3) is 0.500. The van der Waals surface area contributed by atoms with Crippen LogP contribution in [-0.4, -0.2) is 33.7 Å². The third-order valence-corrected chi connectivity index (χ3v) is 2.42. The third-order valence-electron chi connectivity index (χ3n) is 2.42. The van der Waals surface area contributed by atoms with Crippen molar-refractivity contribution in [2.75, 3.05) is 13.1 Å². The van der Waals surface area contributed by atoms with Gasteiger partial charge < -0.3 is 4.90 Å². The predicted octanol–water partition coefficient (Wildman–Crippen LogP) is 1.08. The minimum Gasteiger partial charge on any atom is -0.328 e. The molecule has 1 rings (SSSR count). The average molecular weight is 219 g/mol. The first kappa shape index (κ1) is 12.3. The predicted molar refractivity (Wildman–Crippen MR) is 63.0 cm³/mol. The van der Waals surface area contributed by atoms with Crippen LogP contribution < -0.4 is 0 Å². The van der Waals surface area contributed by atoms with Gasteiger partial charge in [-0.05, 0) is 13.3 Å². The van der Waals surface area contributed by atoms with E-state index >= 15 is 0 Å². The van der Waals surface area contributed by atoms with Gasteiger partial charge in [0.15, 0.2) is 0 Å². The van der Waals surface area contributed by atoms with E-state index in [4.69, 9.17) is 6.42 Å². The van der Waals surface area contributed by atoms with E-state index in [1.54, 1.807) is 15.8 Å². The van der Waals surface area contributed by atoms with Crippen LogP contribution in [-0.2, 0) is 13.5 Å². The molecule has 0 aliphatic carbocycles. The average Bonchev–Trinajstić information content (AvgIpc) is 2.66. The molecule has 0 radical (unpaired) electrons. The zero-order valence-corrected chi connectivity index (χ0v) is 10.0. The zero-order valence-electron chi connectivity index (χ0n) is 10.0. The van der Waals surface area contributed by atoms with E-state index in [0.717, 1.165) is 12.1 Å². The Kier molecular flexibility index (Phi) is 4.12. The van der Waals surface area contributed by atoms with E-state index in [-0.39, 0.29) is 5.91 Å². The molecule has 16 heavy (non-hydrogen) atoms. The fourth-order valence-electron chi connectivity index (χ4n) is 1.58. The molecule has 0 aliphatic heterocycles. The van der Waals surface area contributed by atoms with Gasteiger partial charge in [0, 0.05) is 19.8 Å². The maximum atomic E-state index is 12.1. The van der Waals surface area contributed by atoms with Crippen LogP contribution in [0.3, 0.4) is 0 Å². The summed E-state index contributed by atoms with van der Waals surface area (Å²) in [4.78, 5) is 13.8. The molecule has 86 valence electrons. The Bertz CT molecular complexity index is 414. The van der Waals surface area contributed by atoms with Gasteiger partial charge in [0.05, 0.1) is 17.8 Å². The molecule has 0 bridgehead atoms. The van der Waals surface area contributed by atoms with Crippen molar-refractivity contribution in [2.24, 2.45) is 7.05 Å². The summed E-state index contributed by atoms with van der Waals surface area (Å²) < 4.78 is 1.66. The van der Waals surface area contributed by atoms with Gasteiger partial charge in [-0.25, -0.2) is 0 Å². The molecule has 1 aromatic heterocycles. The lowest BCUT2D eigenvalue weighted by Crippen LogP contribution is -2.31. The molecule has 1 aromatic rings. The topological polar surface area (TPSA) is 38.1 Å². The summed E-state index contributed by atoms with van der Waals surface area (Å²) >= 11 is 0. The first-order valence-electron chi connectivity index (χ1n) is 5.39. The summed E-state index contributed by atoms with van der Waals surface area (Å²) in [6.45, 7) is 4.85. The van der Waals surface area contributed by atoms with E-state index in [0.29, 0.717) is 18.7 Å². The van der Waals surface area contributed by atoms with Crippen molar-refractivity contribution in [1.29, 1.82) is 0 Å². The second-order valence-electron chi connectivity index (χ2n) is 3.54. The van der Waals surface area contributed by atoms with E-state index < -0.39 is 0 Å². The summed E-state index contributed by atoms with van der Waals surface area (Å²) in [5, 5.41) is 4.24. The number of aromatic nitrogens is 2. The SMILES string of the molecule is C#CCN(CC)C(=O)c1cn(C)nc1CC. The highest BCUT2D eigenvalue weighted by atomic mass is 16.2. The van der Waals surface area contributed by atoms with E-state index in [1.165, 1.54) is 0 Å². The minimum atomic E-state index is -0.0367. The minimum absolute atomic E-state index is 0.0367. The number of rotatable bonds is 4. The molecule has 0 aromatic carbocycles. The summed E-state index contributed by atoms with van der Waals surface area (Å²) in [6.07, 6.45) is 7.73. The van der Waals surface area contributed by atoms with Crippen molar-refractivity contribution in [3.8, 4) is 12.3 Å². The van der Waals surface area contributed by atoms with Gasteiger partial charge in [-0.3, -0.25) is 9.48 Å². The van der Waals surface area contributed by atoms with Gasteiger partial charge in [0.2, 0.25) is 0 Å². The first-order valence-corrected chi connectivity index (χ1v) is 5.39. The van der Waals surface area contributed by atoms with Crippen molar-refractivity contribution in [3.63, 3.8) is 0 Å². The summed E-state index contributed by atoms with van der Waals surface area (Å²) in [5.74, 6) is 2.45. The van der Waals surface area contributed by atoms with Crippen LogP contribution in [0.5, 0.6) is 0 Å². The Labute approximate surface area is 96.2 Å². The highest BCUT2D eigenvalue weighted by Gasteiger charge is 2.18. The maximum absolute atomic E-state index is 12.1. The van der Waals surface area contributed by atoms with Crippen LogP contribution in [0.15, 0.2) is 6.20 Å². The lowest BCUT2D eigenvalue weighted by molar-refractivity contribution is 0.0784. The molecule has 1 amide bonds. The molecule has 0 saturated carbocycles. The van der Waals surface area contributed by atoms with Gasteiger partial charge in [0.1, 0.15) is 0 Å². The Balaban J connectivity index is 2.98. The molecule has 0 spiro atoms. The van der Waals surface area contributed by atoms with E-state index in [2.05, 4.69) is 11.0 Å². The Morgan fingerprint density at radius 1 is 1.62 bits per heavy atom. The molecule has 0 N–H and O–H groups in total. The molecule has 1 heterocycles. The van der Waals surface area contributed by atoms with Gasteiger partial charge >= 0.3 is 0 Å².